The molecule has 2 N–H and O–H groups in total. The number of hydrogen-bond donors (Lipinski definition) is 1. The second-order valence-electron chi connectivity index (χ2n) is 6.12. The summed E-state index contributed by atoms with van der Waals surface area (Å²) in [6.45, 7) is 7.40. The van der Waals surface area contributed by atoms with Gasteiger partial charge in [-0.15, -0.1) is 5.11 Å². The monoisotopic (exact) mass is 352 g/mol. The normalized spacial score (nSPS) is 10.9. The SMILES string of the molecule is CCC(=O)N(C(=O)CC)c1cc(N)ccc1N=Nc1cc(C)cc(C)c1. The van der Waals surface area contributed by atoms with Crippen molar-refractivity contribution in [2.24, 2.45) is 10.2 Å². The fourth-order valence-corrected chi connectivity index (χ4v) is 2.65. The van der Waals surface area contributed by atoms with Crippen molar-refractivity contribution in [2.75, 3.05) is 10.6 Å². The van der Waals surface area contributed by atoms with Crippen LogP contribution in [0.1, 0.15) is 37.8 Å². The highest BCUT2D eigenvalue weighted by Crippen LogP contribution is 2.33. The van der Waals surface area contributed by atoms with Crippen LogP contribution < -0.4 is 10.6 Å². The largest absolute Gasteiger partial charge is 0.399 e. The summed E-state index contributed by atoms with van der Waals surface area (Å²) in [5.41, 5.74) is 9.97. The Labute approximate surface area is 153 Å². The Hall–Kier alpha value is -3.02. The lowest BCUT2D eigenvalue weighted by Crippen LogP contribution is -2.36. The van der Waals surface area contributed by atoms with Crippen molar-refractivity contribution in [3.8, 4) is 0 Å². The number of carbonyl (C=O) groups excluding carboxylic acids is 2. The third-order valence-corrected chi connectivity index (χ3v) is 3.82. The zero-order valence-corrected chi connectivity index (χ0v) is 15.6. The van der Waals surface area contributed by atoms with Crippen LogP contribution in [-0.2, 0) is 9.59 Å². The van der Waals surface area contributed by atoms with Crippen LogP contribution >= 0.6 is 0 Å². The summed E-state index contributed by atoms with van der Waals surface area (Å²) in [4.78, 5) is 25.8. The molecule has 2 aromatic carbocycles. The maximum atomic E-state index is 12.3. The number of azo groups is 1. The molecule has 0 unspecified atom stereocenters. The molecule has 0 radical (unpaired) electrons. The van der Waals surface area contributed by atoms with Crippen LogP contribution in [0.15, 0.2) is 46.6 Å². The Morgan fingerprint density at radius 1 is 0.923 bits per heavy atom. The first-order valence-corrected chi connectivity index (χ1v) is 8.61. The van der Waals surface area contributed by atoms with Gasteiger partial charge in [-0.25, -0.2) is 4.90 Å². The van der Waals surface area contributed by atoms with Crippen LogP contribution in [0, 0.1) is 13.8 Å². The molecular weight excluding hydrogens is 328 g/mol. The van der Waals surface area contributed by atoms with Crippen LogP contribution in [0.2, 0.25) is 0 Å². The molecule has 0 spiro atoms. The molecule has 0 aliphatic heterocycles. The molecule has 0 heterocycles. The summed E-state index contributed by atoms with van der Waals surface area (Å²) in [5.74, 6) is -0.601. The maximum absolute atomic E-state index is 12.3. The molecule has 6 heteroatoms. The van der Waals surface area contributed by atoms with Crippen molar-refractivity contribution in [3.05, 3.63) is 47.5 Å². The van der Waals surface area contributed by atoms with Gasteiger partial charge in [0.1, 0.15) is 5.69 Å². The summed E-state index contributed by atoms with van der Waals surface area (Å²) in [6.07, 6.45) is 0.405. The Kier molecular flexibility index (Phi) is 6.22. The van der Waals surface area contributed by atoms with E-state index >= 15 is 0 Å². The van der Waals surface area contributed by atoms with Crippen molar-refractivity contribution in [1.29, 1.82) is 0 Å². The standard InChI is InChI=1S/C20H24N4O2/c1-5-19(25)24(20(26)6-2)18-12-15(21)7-8-17(18)23-22-16-10-13(3)9-14(4)11-16/h7-12H,5-6,21H2,1-4H3. The quantitative estimate of drug-likeness (QED) is 0.608. The first-order chi connectivity index (χ1) is 12.3. The van der Waals surface area contributed by atoms with Crippen molar-refractivity contribution in [2.45, 2.75) is 40.5 Å². The van der Waals surface area contributed by atoms with Crippen molar-refractivity contribution in [1.82, 2.24) is 0 Å². The number of nitrogens with zero attached hydrogens (tertiary/aromatic N) is 3. The van der Waals surface area contributed by atoms with Crippen LogP contribution in [-0.4, -0.2) is 11.8 Å². The van der Waals surface area contributed by atoms with Gasteiger partial charge in [-0.3, -0.25) is 9.59 Å². The highest BCUT2D eigenvalue weighted by atomic mass is 16.2. The van der Waals surface area contributed by atoms with E-state index < -0.39 is 0 Å². The van der Waals surface area contributed by atoms with E-state index in [1.807, 2.05) is 26.0 Å². The summed E-state index contributed by atoms with van der Waals surface area (Å²) in [5, 5.41) is 8.55. The van der Waals surface area contributed by atoms with E-state index in [0.717, 1.165) is 16.0 Å². The molecule has 0 fully saturated rings. The number of imide groups is 1. The van der Waals surface area contributed by atoms with Gasteiger partial charge in [0, 0.05) is 18.5 Å². The molecular formula is C20H24N4O2. The molecule has 0 saturated carbocycles. The lowest BCUT2D eigenvalue weighted by atomic mass is 10.1. The third-order valence-electron chi connectivity index (χ3n) is 3.82. The smallest absolute Gasteiger partial charge is 0.233 e. The van der Waals surface area contributed by atoms with E-state index in [-0.39, 0.29) is 24.7 Å². The minimum absolute atomic E-state index is 0.203. The third kappa shape index (κ3) is 4.53. The van der Waals surface area contributed by atoms with Gasteiger partial charge in [0.25, 0.3) is 0 Å². The molecule has 0 aliphatic carbocycles. The second-order valence-corrected chi connectivity index (χ2v) is 6.12. The summed E-state index contributed by atoms with van der Waals surface area (Å²) < 4.78 is 0. The minimum Gasteiger partial charge on any atom is -0.399 e. The van der Waals surface area contributed by atoms with Gasteiger partial charge in [0.15, 0.2) is 0 Å². The first-order valence-electron chi connectivity index (χ1n) is 8.61. The van der Waals surface area contributed by atoms with E-state index in [0.29, 0.717) is 22.7 Å². The van der Waals surface area contributed by atoms with Crippen molar-refractivity contribution < 1.29 is 9.59 Å². The molecule has 0 atom stereocenters. The number of nitrogen functional groups attached to an aromatic ring is 1. The molecule has 0 aliphatic rings. The zero-order valence-electron chi connectivity index (χ0n) is 15.6. The molecule has 2 aromatic rings. The molecule has 2 rings (SSSR count). The number of aryl methyl sites for hydroxylation is 2. The molecule has 26 heavy (non-hydrogen) atoms. The second kappa shape index (κ2) is 8.38. The van der Waals surface area contributed by atoms with E-state index in [9.17, 15) is 9.59 Å². The predicted octanol–water partition coefficient (Wildman–Crippen LogP) is 4.98. The lowest BCUT2D eigenvalue weighted by molar-refractivity contribution is -0.126. The van der Waals surface area contributed by atoms with Gasteiger partial charge in [-0.1, -0.05) is 19.9 Å². The van der Waals surface area contributed by atoms with E-state index in [1.54, 1.807) is 32.0 Å². The first kappa shape index (κ1) is 19.3. The average molecular weight is 352 g/mol. The van der Waals surface area contributed by atoms with Crippen LogP contribution in [0.5, 0.6) is 0 Å². The molecule has 136 valence electrons. The highest BCUT2D eigenvalue weighted by molar-refractivity contribution is 6.16. The van der Waals surface area contributed by atoms with Gasteiger partial charge in [0.05, 0.1) is 11.4 Å². The topological polar surface area (TPSA) is 88.1 Å². The van der Waals surface area contributed by atoms with Crippen LogP contribution in [0.3, 0.4) is 0 Å². The number of benzene rings is 2. The average Bonchev–Trinajstić information content (AvgIpc) is 2.60. The van der Waals surface area contributed by atoms with Crippen LogP contribution in [0.25, 0.3) is 0 Å². The number of nitrogens with two attached hydrogens (primary N) is 1. The number of amides is 2. The van der Waals surface area contributed by atoms with Gasteiger partial charge in [-0.05, 0) is 55.3 Å². The Morgan fingerprint density at radius 2 is 1.50 bits per heavy atom. The Morgan fingerprint density at radius 3 is 2.04 bits per heavy atom. The molecule has 0 saturated heterocycles. The number of hydrogen-bond acceptors (Lipinski definition) is 5. The molecule has 2 amide bonds. The van der Waals surface area contributed by atoms with Gasteiger partial charge < -0.3 is 5.73 Å². The minimum atomic E-state index is -0.301. The summed E-state index contributed by atoms with van der Waals surface area (Å²) in [6, 6.07) is 10.8. The molecule has 0 bridgehead atoms. The predicted molar refractivity (Wildman–Crippen MR) is 104 cm³/mol. The van der Waals surface area contributed by atoms with E-state index in [1.165, 1.54) is 0 Å². The fraction of sp³-hybridized carbons (Fsp3) is 0.300. The fourth-order valence-electron chi connectivity index (χ4n) is 2.65. The molecule has 6 nitrogen and oxygen atoms in total. The van der Waals surface area contributed by atoms with Gasteiger partial charge in [0.2, 0.25) is 11.8 Å². The van der Waals surface area contributed by atoms with Gasteiger partial charge >= 0.3 is 0 Å². The van der Waals surface area contributed by atoms with Gasteiger partial charge in [-0.2, -0.15) is 5.11 Å². The Bertz CT molecular complexity index is 823. The zero-order chi connectivity index (χ0) is 19.3. The summed E-state index contributed by atoms with van der Waals surface area (Å²) >= 11 is 0. The lowest BCUT2D eigenvalue weighted by Gasteiger charge is -2.21. The number of rotatable bonds is 5. The number of anilines is 2. The van der Waals surface area contributed by atoms with E-state index in [2.05, 4.69) is 16.3 Å². The highest BCUT2D eigenvalue weighted by Gasteiger charge is 2.23. The van der Waals surface area contributed by atoms with Crippen molar-refractivity contribution >= 4 is 34.6 Å². The number of carbonyl (C=O) groups is 2. The van der Waals surface area contributed by atoms with Crippen molar-refractivity contribution in [3.63, 3.8) is 0 Å². The van der Waals surface area contributed by atoms with Crippen LogP contribution in [0.4, 0.5) is 22.7 Å². The molecule has 0 aromatic heterocycles. The maximum Gasteiger partial charge on any atom is 0.233 e. The summed E-state index contributed by atoms with van der Waals surface area (Å²) in [7, 11) is 0. The van der Waals surface area contributed by atoms with E-state index in [4.69, 9.17) is 5.73 Å². The Balaban J connectivity index is 2.51.